The monoisotopic (exact) mass is 290 g/mol. The third-order valence-electron chi connectivity index (χ3n) is 3.68. The first kappa shape index (κ1) is 14.1. The van der Waals surface area contributed by atoms with E-state index in [1.807, 2.05) is 0 Å². The Labute approximate surface area is 112 Å². The standard InChI is InChI=1S/C11H18N2O5S/c1-3-13(8-4-5-19(16,17)7-8)10(14)9-6-18-11(15)12(9)2/h8-9H,3-7H2,1-2H3. The van der Waals surface area contributed by atoms with Crippen LogP contribution in [0, 0.1) is 0 Å². The maximum Gasteiger partial charge on any atom is 0.410 e. The van der Waals surface area contributed by atoms with E-state index in [1.54, 1.807) is 11.8 Å². The number of ether oxygens (including phenoxy) is 1. The van der Waals surface area contributed by atoms with E-state index in [-0.39, 0.29) is 30.1 Å². The Morgan fingerprint density at radius 1 is 1.53 bits per heavy atom. The van der Waals surface area contributed by atoms with Crippen molar-refractivity contribution in [3.05, 3.63) is 0 Å². The van der Waals surface area contributed by atoms with E-state index in [0.29, 0.717) is 13.0 Å². The smallest absolute Gasteiger partial charge is 0.410 e. The molecule has 0 aliphatic carbocycles. The average molecular weight is 290 g/mol. The number of hydrogen-bond donors (Lipinski definition) is 0. The molecule has 0 saturated carbocycles. The molecule has 0 spiro atoms. The molecule has 7 nitrogen and oxygen atoms in total. The molecule has 2 aliphatic heterocycles. The van der Waals surface area contributed by atoms with Crippen LogP contribution in [0.25, 0.3) is 0 Å². The summed E-state index contributed by atoms with van der Waals surface area (Å²) in [5.74, 6) is -0.104. The summed E-state index contributed by atoms with van der Waals surface area (Å²) in [6.07, 6.45) is -0.0545. The van der Waals surface area contributed by atoms with Crippen molar-refractivity contribution in [1.82, 2.24) is 9.80 Å². The second-order valence-electron chi connectivity index (χ2n) is 4.88. The molecule has 2 heterocycles. The van der Waals surface area contributed by atoms with Crippen molar-refractivity contribution in [1.29, 1.82) is 0 Å². The highest BCUT2D eigenvalue weighted by Crippen LogP contribution is 2.21. The van der Waals surface area contributed by atoms with Crippen molar-refractivity contribution < 1.29 is 22.7 Å². The maximum atomic E-state index is 12.4. The largest absolute Gasteiger partial charge is 0.447 e. The van der Waals surface area contributed by atoms with Crippen molar-refractivity contribution in [3.63, 3.8) is 0 Å². The van der Waals surface area contributed by atoms with Gasteiger partial charge < -0.3 is 9.64 Å². The molecule has 108 valence electrons. The zero-order valence-corrected chi connectivity index (χ0v) is 11.9. The van der Waals surface area contributed by atoms with E-state index in [0.717, 1.165) is 0 Å². The van der Waals surface area contributed by atoms with Gasteiger partial charge in [0.25, 0.3) is 0 Å². The third kappa shape index (κ3) is 2.68. The zero-order valence-electron chi connectivity index (χ0n) is 11.0. The van der Waals surface area contributed by atoms with Crippen LogP contribution in [-0.2, 0) is 19.4 Å². The summed E-state index contributed by atoms with van der Waals surface area (Å²) in [4.78, 5) is 26.5. The van der Waals surface area contributed by atoms with E-state index in [4.69, 9.17) is 4.74 Å². The number of cyclic esters (lactones) is 1. The normalized spacial score (nSPS) is 29.4. The Hall–Kier alpha value is -1.31. The van der Waals surface area contributed by atoms with Crippen molar-refractivity contribution in [2.45, 2.75) is 25.4 Å². The summed E-state index contributed by atoms with van der Waals surface area (Å²) in [5, 5.41) is 0. The molecular formula is C11H18N2O5S. The molecular weight excluding hydrogens is 272 g/mol. The van der Waals surface area contributed by atoms with Crippen LogP contribution < -0.4 is 0 Å². The summed E-state index contributed by atoms with van der Waals surface area (Å²) in [6.45, 7) is 2.27. The summed E-state index contributed by atoms with van der Waals surface area (Å²) in [7, 11) is -1.53. The lowest BCUT2D eigenvalue weighted by molar-refractivity contribution is -0.136. The first-order valence-electron chi connectivity index (χ1n) is 6.26. The fourth-order valence-corrected chi connectivity index (χ4v) is 4.27. The van der Waals surface area contributed by atoms with Gasteiger partial charge in [0.1, 0.15) is 12.6 Å². The Morgan fingerprint density at radius 3 is 2.63 bits per heavy atom. The molecule has 0 bridgehead atoms. The van der Waals surface area contributed by atoms with E-state index in [2.05, 4.69) is 0 Å². The molecule has 2 amide bonds. The van der Waals surface area contributed by atoms with E-state index < -0.39 is 22.0 Å². The first-order chi connectivity index (χ1) is 8.85. The molecule has 19 heavy (non-hydrogen) atoms. The Kier molecular flexibility index (Phi) is 3.71. The quantitative estimate of drug-likeness (QED) is 0.698. The number of amides is 2. The second-order valence-corrected chi connectivity index (χ2v) is 7.11. The van der Waals surface area contributed by atoms with Crippen molar-refractivity contribution >= 4 is 21.8 Å². The maximum absolute atomic E-state index is 12.4. The highest BCUT2D eigenvalue weighted by Gasteiger charge is 2.41. The fraction of sp³-hybridized carbons (Fsp3) is 0.818. The number of sulfone groups is 1. The molecule has 2 saturated heterocycles. The minimum Gasteiger partial charge on any atom is -0.447 e. The Morgan fingerprint density at radius 2 is 2.21 bits per heavy atom. The van der Waals surface area contributed by atoms with Crippen molar-refractivity contribution in [3.8, 4) is 0 Å². The van der Waals surface area contributed by atoms with Gasteiger partial charge in [-0.15, -0.1) is 0 Å². The van der Waals surface area contributed by atoms with E-state index >= 15 is 0 Å². The topological polar surface area (TPSA) is 84.0 Å². The van der Waals surface area contributed by atoms with Gasteiger partial charge in [0.15, 0.2) is 9.84 Å². The number of rotatable bonds is 3. The molecule has 0 aromatic carbocycles. The summed E-state index contributed by atoms with van der Waals surface area (Å²) in [5.41, 5.74) is 0. The molecule has 2 atom stereocenters. The number of carbonyl (C=O) groups excluding carboxylic acids is 2. The van der Waals surface area contributed by atoms with Gasteiger partial charge in [0, 0.05) is 19.6 Å². The lowest BCUT2D eigenvalue weighted by Crippen LogP contribution is -2.50. The van der Waals surface area contributed by atoms with Crippen molar-refractivity contribution in [2.75, 3.05) is 31.7 Å². The molecule has 2 fully saturated rings. The minimum absolute atomic E-state index is 0.0117. The van der Waals surface area contributed by atoms with Crippen LogP contribution in [0.3, 0.4) is 0 Å². The number of nitrogens with zero attached hydrogens (tertiary/aromatic N) is 2. The highest BCUT2D eigenvalue weighted by molar-refractivity contribution is 7.91. The number of likely N-dealkylation sites (N-methyl/N-ethyl adjacent to an activating group) is 2. The van der Waals surface area contributed by atoms with Gasteiger partial charge in [-0.05, 0) is 13.3 Å². The van der Waals surface area contributed by atoms with Gasteiger partial charge in [0.2, 0.25) is 5.91 Å². The van der Waals surface area contributed by atoms with E-state index in [1.165, 1.54) is 11.9 Å². The fourth-order valence-electron chi connectivity index (χ4n) is 2.53. The molecule has 2 rings (SSSR count). The predicted octanol–water partition coefficient (Wildman–Crippen LogP) is -0.527. The summed E-state index contributed by atoms with van der Waals surface area (Å²) < 4.78 is 27.8. The minimum atomic E-state index is -3.04. The second kappa shape index (κ2) is 4.99. The number of hydrogen-bond acceptors (Lipinski definition) is 5. The van der Waals surface area contributed by atoms with Crippen LogP contribution in [-0.4, -0.2) is 74.0 Å². The van der Waals surface area contributed by atoms with Gasteiger partial charge in [-0.1, -0.05) is 0 Å². The molecule has 0 aromatic rings. The molecule has 0 radical (unpaired) electrons. The molecule has 0 aromatic heterocycles. The predicted molar refractivity (Wildman–Crippen MR) is 67.3 cm³/mol. The number of carbonyl (C=O) groups is 2. The van der Waals surface area contributed by atoms with Crippen LogP contribution in [0.5, 0.6) is 0 Å². The Bertz CT molecular complexity index is 489. The summed E-state index contributed by atoms with van der Waals surface area (Å²) in [6, 6.07) is -0.928. The SMILES string of the molecule is CCN(C(=O)C1COC(=O)N1C)C1CCS(=O)(=O)C1. The van der Waals surface area contributed by atoms with Crippen LogP contribution in [0.15, 0.2) is 0 Å². The van der Waals surface area contributed by atoms with Gasteiger partial charge >= 0.3 is 6.09 Å². The van der Waals surface area contributed by atoms with Gasteiger partial charge in [-0.3, -0.25) is 9.69 Å². The molecule has 0 N–H and O–H groups in total. The molecule has 8 heteroatoms. The highest BCUT2D eigenvalue weighted by atomic mass is 32.2. The summed E-state index contributed by atoms with van der Waals surface area (Å²) >= 11 is 0. The molecule has 2 aliphatic rings. The van der Waals surface area contributed by atoms with Crippen LogP contribution >= 0.6 is 0 Å². The van der Waals surface area contributed by atoms with Crippen LogP contribution in [0.2, 0.25) is 0 Å². The Balaban J connectivity index is 2.10. The molecule has 2 unspecified atom stereocenters. The van der Waals surface area contributed by atoms with Crippen LogP contribution in [0.4, 0.5) is 4.79 Å². The van der Waals surface area contributed by atoms with E-state index in [9.17, 15) is 18.0 Å². The zero-order chi connectivity index (χ0) is 14.2. The van der Waals surface area contributed by atoms with Crippen LogP contribution in [0.1, 0.15) is 13.3 Å². The van der Waals surface area contributed by atoms with Gasteiger partial charge in [-0.25, -0.2) is 13.2 Å². The van der Waals surface area contributed by atoms with Gasteiger partial charge in [0.05, 0.1) is 11.5 Å². The first-order valence-corrected chi connectivity index (χ1v) is 8.08. The van der Waals surface area contributed by atoms with Gasteiger partial charge in [-0.2, -0.15) is 0 Å². The third-order valence-corrected chi connectivity index (χ3v) is 5.43. The average Bonchev–Trinajstić information content (AvgIpc) is 2.85. The lowest BCUT2D eigenvalue weighted by Gasteiger charge is -2.30. The lowest BCUT2D eigenvalue weighted by atomic mass is 10.1. The van der Waals surface area contributed by atoms with Crippen molar-refractivity contribution in [2.24, 2.45) is 0 Å².